The molecule has 1 spiro atoms. The van der Waals surface area contributed by atoms with Crippen molar-refractivity contribution in [1.82, 2.24) is 0 Å². The van der Waals surface area contributed by atoms with E-state index in [-0.39, 0.29) is 78.7 Å². The molecule has 4 atom stereocenters. The predicted molar refractivity (Wildman–Crippen MR) is 258 cm³/mol. The van der Waals surface area contributed by atoms with Gasteiger partial charge in [-0.3, -0.25) is 14.4 Å². The van der Waals surface area contributed by atoms with Gasteiger partial charge in [0, 0.05) is 71.3 Å². The first-order valence-electron chi connectivity index (χ1n) is 20.0. The van der Waals surface area contributed by atoms with Crippen molar-refractivity contribution in [3.63, 3.8) is 0 Å². The normalized spacial score (nSPS) is 13.0. The third-order valence-corrected chi connectivity index (χ3v) is 14.2. The largest absolute Gasteiger partial charge is 0.508 e. The summed E-state index contributed by atoms with van der Waals surface area (Å²) in [5.74, 6) is -2.79. The number of methoxy groups -OCH3 is 2. The fourth-order valence-corrected chi connectivity index (χ4v) is 10.7. The van der Waals surface area contributed by atoms with Crippen molar-refractivity contribution in [3.05, 3.63) is 146 Å². The number of rotatable bonds is 8. The predicted octanol–water partition coefficient (Wildman–Crippen LogP) is 7.83. The van der Waals surface area contributed by atoms with Gasteiger partial charge in [0.1, 0.15) is 40.1 Å². The van der Waals surface area contributed by atoms with Gasteiger partial charge in [-0.25, -0.2) is 19.2 Å². The number of hydrogen-bond acceptors (Lipinski definition) is 15. The first-order valence-corrected chi connectivity index (χ1v) is 25.6. The maximum atomic E-state index is 13.3. The number of aromatic carboxylic acids is 1. The zero-order chi connectivity index (χ0) is 48.8. The number of esters is 5. The Balaban J connectivity index is 0.000000187. The van der Waals surface area contributed by atoms with Gasteiger partial charge in [-0.05, 0) is 89.0 Å². The summed E-state index contributed by atoms with van der Waals surface area (Å²) < 4.78 is 38.4. The second-order valence-electron chi connectivity index (χ2n) is 15.0. The van der Waals surface area contributed by atoms with Crippen LogP contribution in [0, 0.1) is 0 Å². The van der Waals surface area contributed by atoms with Crippen molar-refractivity contribution in [2.45, 2.75) is 19.4 Å². The first kappa shape index (κ1) is 47.4. The van der Waals surface area contributed by atoms with Crippen molar-refractivity contribution in [3.8, 4) is 51.2 Å². The van der Waals surface area contributed by atoms with Crippen LogP contribution in [0.25, 0.3) is 33.4 Å². The molecule has 0 saturated heterocycles. The Kier molecular flexibility index (Phi) is 13.2. The van der Waals surface area contributed by atoms with Crippen molar-refractivity contribution in [2.24, 2.45) is 0 Å². The lowest BCUT2D eigenvalue weighted by atomic mass is 9.77. The van der Waals surface area contributed by atoms with Crippen LogP contribution < -0.4 is 30.2 Å². The maximum Gasteiger partial charge on any atom is 0.340 e. The van der Waals surface area contributed by atoms with Gasteiger partial charge >= 0.3 is 35.8 Å². The monoisotopic (exact) mass is 992 g/mol. The number of hydrogen-bond donors (Lipinski definition) is 2. The number of phenols is 1. The van der Waals surface area contributed by atoms with Crippen LogP contribution in [0.2, 0.25) is 0 Å². The lowest BCUT2D eigenvalue weighted by Gasteiger charge is -2.36. The molecule has 344 valence electrons. The van der Waals surface area contributed by atoms with Gasteiger partial charge in [-0.1, -0.05) is 16.5 Å². The first-order chi connectivity index (χ1) is 32.5. The molecular weight excluding hydrogens is 956 g/mol. The SMILES string of the molecule is COC(=O)c1cc(-c2c3ccc(=O)cc-3oc3cc(O)ccc23)c(C(=O)O)cc1PP.COC(=O)c1cc2c(cc1PP)C(=O)OC21c2ccc(OC(C)=O)cc2Oc2cc(OC(C)=O)ccc21. The Morgan fingerprint density at radius 2 is 1.22 bits per heavy atom. The molecule has 4 unspecified atom stereocenters. The Labute approximate surface area is 393 Å². The Bertz CT molecular complexity index is 3280. The third kappa shape index (κ3) is 8.57. The second-order valence-corrected chi connectivity index (χ2v) is 18.3. The van der Waals surface area contributed by atoms with Gasteiger partial charge in [-0.15, -0.1) is 17.9 Å². The number of carboxylic acids is 1. The number of phenolic OH excluding ortho intramolecular Hbond substituents is 1. The van der Waals surface area contributed by atoms with Gasteiger partial charge in [0.05, 0.1) is 36.5 Å². The highest BCUT2D eigenvalue weighted by Crippen LogP contribution is 2.57. The molecule has 0 radical (unpaired) electrons. The summed E-state index contributed by atoms with van der Waals surface area (Å²) in [6, 6.07) is 24.3. The van der Waals surface area contributed by atoms with E-state index in [4.69, 9.17) is 32.8 Å². The molecule has 0 bridgehead atoms. The van der Waals surface area contributed by atoms with Gasteiger partial charge in [0.15, 0.2) is 11.0 Å². The number of fused-ring (bicyclic) bond motifs is 8. The molecule has 3 heterocycles. The van der Waals surface area contributed by atoms with E-state index in [9.17, 15) is 43.8 Å². The minimum absolute atomic E-state index is 0.00863. The number of benzene rings is 6. The summed E-state index contributed by atoms with van der Waals surface area (Å²) in [5.41, 5.74) is 1.91. The average Bonchev–Trinajstić information content (AvgIpc) is 3.59. The number of aromatic hydroxyl groups is 1. The highest BCUT2D eigenvalue weighted by molar-refractivity contribution is 8.07. The van der Waals surface area contributed by atoms with Crippen LogP contribution in [0.4, 0.5) is 0 Å². The van der Waals surface area contributed by atoms with E-state index < -0.39 is 41.4 Å². The summed E-state index contributed by atoms with van der Waals surface area (Å²) in [6.45, 7) is 2.55. The second kappa shape index (κ2) is 18.9. The molecule has 2 N–H and O–H groups in total. The minimum atomic E-state index is -1.50. The van der Waals surface area contributed by atoms with E-state index in [0.717, 1.165) is 0 Å². The van der Waals surface area contributed by atoms with Crippen LogP contribution in [-0.2, 0) is 29.4 Å². The molecule has 1 aliphatic carbocycles. The summed E-state index contributed by atoms with van der Waals surface area (Å²) >= 11 is 0. The van der Waals surface area contributed by atoms with E-state index in [2.05, 4.69) is 17.9 Å². The fraction of sp³-hybridized carbons (Fsp3) is 0.104. The molecule has 0 amide bonds. The van der Waals surface area contributed by atoms with Crippen molar-refractivity contribution < 1.29 is 71.8 Å². The lowest BCUT2D eigenvalue weighted by Crippen LogP contribution is -2.33. The minimum Gasteiger partial charge on any atom is -0.508 e. The maximum absolute atomic E-state index is 13.3. The number of carboxylic acid groups (broad SMARTS) is 1. The van der Waals surface area contributed by atoms with Crippen LogP contribution in [0.5, 0.6) is 28.7 Å². The summed E-state index contributed by atoms with van der Waals surface area (Å²) in [7, 11) is 7.83. The Hall–Kier alpha value is -7.07. The van der Waals surface area contributed by atoms with Crippen LogP contribution in [0.1, 0.15) is 72.0 Å². The van der Waals surface area contributed by atoms with Gasteiger partial charge in [0.25, 0.3) is 0 Å². The highest BCUT2D eigenvalue weighted by atomic mass is 32.0. The molecule has 0 fully saturated rings. The highest BCUT2D eigenvalue weighted by Gasteiger charge is 2.54. The van der Waals surface area contributed by atoms with Crippen molar-refractivity contribution >= 4 is 91.8 Å². The lowest BCUT2D eigenvalue weighted by molar-refractivity contribution is -0.132. The molecule has 20 heteroatoms. The van der Waals surface area contributed by atoms with Gasteiger partial charge in [-0.2, -0.15) is 0 Å². The van der Waals surface area contributed by atoms with Gasteiger partial charge in [0.2, 0.25) is 0 Å². The quantitative estimate of drug-likeness (QED) is 0.0486. The standard InChI is InChI=1S/C26H20O9P2.C22H16O7P2/c1-12(27)32-14-4-6-18-21(8-14)34-22-9-15(33-13(2)28)5-7-19(22)26(18)20-10-17(24(29)31-3)23(37-36)11-16(20)25(30)35-26;1-28-22(27)16-8-14(15(21(25)26)9-19(16)31-30)20-12-4-2-10(23)6-17(12)29-18-7-11(24)3-5-13(18)20/h4-11,37H,36H2,1-3H3;2-9,23,31H,30H2,1H3,(H,25,26). The molecule has 0 aromatic heterocycles. The van der Waals surface area contributed by atoms with Gasteiger partial charge < -0.3 is 43.1 Å². The van der Waals surface area contributed by atoms with E-state index in [1.54, 1.807) is 48.5 Å². The number of ether oxygens (including phenoxy) is 6. The van der Waals surface area contributed by atoms with E-state index >= 15 is 0 Å². The zero-order valence-electron chi connectivity index (χ0n) is 36.0. The van der Waals surface area contributed by atoms with E-state index in [1.165, 1.54) is 76.6 Å². The average molecular weight is 993 g/mol. The molecule has 5 aromatic carbocycles. The van der Waals surface area contributed by atoms with E-state index in [0.29, 0.717) is 54.9 Å². The third-order valence-electron chi connectivity index (χ3n) is 10.9. The number of carbonyl (C=O) groups excluding carboxylic acids is 5. The van der Waals surface area contributed by atoms with Crippen LogP contribution >= 0.6 is 34.4 Å². The van der Waals surface area contributed by atoms with Crippen LogP contribution in [-0.4, -0.2) is 60.2 Å². The topological polar surface area (TPSA) is 228 Å². The molecule has 0 saturated carbocycles. The summed E-state index contributed by atoms with van der Waals surface area (Å²) in [6.07, 6.45) is 0. The molecular formula is C48H36O16P4. The zero-order valence-corrected chi connectivity index (χ0v) is 40.3. The Morgan fingerprint density at radius 1 is 0.632 bits per heavy atom. The summed E-state index contributed by atoms with van der Waals surface area (Å²) in [4.78, 5) is 85.5. The molecule has 9 rings (SSSR count). The van der Waals surface area contributed by atoms with Crippen LogP contribution in [0.15, 0.2) is 106 Å². The molecule has 16 nitrogen and oxygen atoms in total. The molecule has 4 aliphatic rings. The fourth-order valence-electron chi connectivity index (χ4n) is 8.12. The molecule has 68 heavy (non-hydrogen) atoms. The molecule has 5 aromatic rings. The van der Waals surface area contributed by atoms with Crippen molar-refractivity contribution in [2.75, 3.05) is 14.2 Å². The summed E-state index contributed by atoms with van der Waals surface area (Å²) in [5, 5.41) is 21.5. The van der Waals surface area contributed by atoms with Crippen molar-refractivity contribution in [1.29, 1.82) is 0 Å². The van der Waals surface area contributed by atoms with Crippen LogP contribution in [0.3, 0.4) is 0 Å². The van der Waals surface area contributed by atoms with E-state index in [1.807, 2.05) is 0 Å². The molecule has 3 aliphatic heterocycles. The smallest absolute Gasteiger partial charge is 0.340 e. The Morgan fingerprint density at radius 3 is 1.78 bits per heavy atom. The number of carbonyl (C=O) groups is 6.